The van der Waals surface area contributed by atoms with Crippen LogP contribution in [0.15, 0.2) is 12.4 Å². The maximum Gasteiger partial charge on any atom is 0.248 e. The average Bonchev–Trinajstić information content (AvgIpc) is 2.70. The quantitative estimate of drug-likeness (QED) is 0.897. The van der Waals surface area contributed by atoms with Crippen LogP contribution in [0, 0.1) is 5.92 Å². The first-order valence-electron chi connectivity index (χ1n) is 6.53. The fraction of sp³-hybridized carbons (Fsp3) is 0.769. The smallest absolute Gasteiger partial charge is 0.248 e. The molecule has 1 aromatic heterocycles. The number of nitrogens with zero attached hydrogens (tertiary/aromatic N) is 2. The molecule has 1 N–H and O–H groups in total. The lowest BCUT2D eigenvalue weighted by Gasteiger charge is -2.34. The van der Waals surface area contributed by atoms with Gasteiger partial charge in [0.05, 0.1) is 0 Å². The minimum atomic E-state index is -2.49. The number of alkyl halides is 2. The Bertz CT molecular complexity index is 389. The zero-order chi connectivity index (χ0) is 13.2. The Hall–Kier alpha value is -0.970. The highest BCUT2D eigenvalue weighted by atomic mass is 19.3. The molecule has 5 heteroatoms. The van der Waals surface area contributed by atoms with Gasteiger partial charge in [-0.25, -0.2) is 13.8 Å². The van der Waals surface area contributed by atoms with Crippen LogP contribution in [0.5, 0.6) is 0 Å². The van der Waals surface area contributed by atoms with E-state index in [1.54, 1.807) is 6.20 Å². The van der Waals surface area contributed by atoms with E-state index in [9.17, 15) is 8.78 Å². The van der Waals surface area contributed by atoms with Gasteiger partial charge in [-0.2, -0.15) is 0 Å². The zero-order valence-corrected chi connectivity index (χ0v) is 11.0. The summed E-state index contributed by atoms with van der Waals surface area (Å²) >= 11 is 0. The van der Waals surface area contributed by atoms with Crippen LogP contribution < -0.4 is 5.32 Å². The minimum Gasteiger partial charge on any atom is -0.338 e. The van der Waals surface area contributed by atoms with Gasteiger partial charge in [-0.3, -0.25) is 0 Å². The molecule has 102 valence electrons. The Morgan fingerprint density at radius 1 is 1.61 bits per heavy atom. The number of hydrogen-bond acceptors (Lipinski definition) is 2. The second kappa shape index (κ2) is 5.34. The monoisotopic (exact) mass is 257 g/mol. The summed E-state index contributed by atoms with van der Waals surface area (Å²) in [5.41, 5.74) is 0. The van der Waals surface area contributed by atoms with Crippen LogP contribution in [0.3, 0.4) is 0 Å². The molecule has 2 rings (SSSR count). The van der Waals surface area contributed by atoms with Gasteiger partial charge in [0.1, 0.15) is 5.82 Å². The summed E-state index contributed by atoms with van der Waals surface area (Å²) in [5, 5.41) is 3.19. The van der Waals surface area contributed by atoms with E-state index in [2.05, 4.69) is 10.3 Å². The minimum absolute atomic E-state index is 0.00291. The van der Waals surface area contributed by atoms with Gasteiger partial charge in [0, 0.05) is 44.7 Å². The van der Waals surface area contributed by atoms with Crippen LogP contribution in [-0.2, 0) is 13.5 Å². The molecule has 0 aromatic carbocycles. The van der Waals surface area contributed by atoms with Crippen molar-refractivity contribution in [3.8, 4) is 0 Å². The van der Waals surface area contributed by atoms with E-state index in [1.807, 2.05) is 24.9 Å². The standard InChI is InChI=1S/C13H21F2N3/c1-16-11(8-12-17-6-7-18(12)2)10-4-3-5-13(14,15)9-10/h6-7,10-11,16H,3-5,8-9H2,1-2H3. The third-order valence-electron chi connectivity index (χ3n) is 3.94. The maximum absolute atomic E-state index is 13.5. The topological polar surface area (TPSA) is 29.9 Å². The van der Waals surface area contributed by atoms with Gasteiger partial charge in [0.15, 0.2) is 0 Å². The molecule has 0 aliphatic heterocycles. The molecule has 1 heterocycles. The summed E-state index contributed by atoms with van der Waals surface area (Å²) in [6.45, 7) is 0. The second-order valence-corrected chi connectivity index (χ2v) is 5.27. The first-order chi connectivity index (χ1) is 8.52. The molecule has 1 fully saturated rings. The van der Waals surface area contributed by atoms with Gasteiger partial charge in [-0.1, -0.05) is 0 Å². The fourth-order valence-corrected chi connectivity index (χ4v) is 2.85. The zero-order valence-electron chi connectivity index (χ0n) is 11.0. The Labute approximate surface area is 107 Å². The lowest BCUT2D eigenvalue weighted by atomic mass is 9.80. The lowest BCUT2D eigenvalue weighted by Crippen LogP contribution is -2.41. The van der Waals surface area contributed by atoms with E-state index in [1.165, 1.54) is 0 Å². The Kier molecular flexibility index (Phi) is 4.00. The molecule has 1 saturated carbocycles. The summed E-state index contributed by atoms with van der Waals surface area (Å²) in [6.07, 6.45) is 5.89. The molecular formula is C13H21F2N3. The second-order valence-electron chi connectivity index (χ2n) is 5.27. The van der Waals surface area contributed by atoms with Crippen molar-refractivity contribution in [1.82, 2.24) is 14.9 Å². The van der Waals surface area contributed by atoms with Crippen LogP contribution in [-0.4, -0.2) is 28.6 Å². The number of likely N-dealkylation sites (N-methyl/N-ethyl adjacent to an activating group) is 1. The molecule has 0 saturated heterocycles. The fourth-order valence-electron chi connectivity index (χ4n) is 2.85. The molecule has 0 spiro atoms. The number of aryl methyl sites for hydroxylation is 1. The van der Waals surface area contributed by atoms with Crippen LogP contribution in [0.25, 0.3) is 0 Å². The predicted molar refractivity (Wildman–Crippen MR) is 66.7 cm³/mol. The number of halogens is 2. The summed E-state index contributed by atoms with van der Waals surface area (Å²) in [6, 6.07) is 0.0808. The summed E-state index contributed by atoms with van der Waals surface area (Å²) in [4.78, 5) is 4.27. The number of nitrogens with one attached hydrogen (secondary N) is 1. The number of hydrogen-bond donors (Lipinski definition) is 1. The van der Waals surface area contributed by atoms with Gasteiger partial charge < -0.3 is 9.88 Å². The third kappa shape index (κ3) is 3.07. The van der Waals surface area contributed by atoms with Gasteiger partial charge in [0.2, 0.25) is 5.92 Å². The van der Waals surface area contributed by atoms with Crippen molar-refractivity contribution >= 4 is 0 Å². The molecule has 0 radical (unpaired) electrons. The van der Waals surface area contributed by atoms with E-state index >= 15 is 0 Å². The highest BCUT2D eigenvalue weighted by Crippen LogP contribution is 2.38. The molecule has 0 amide bonds. The summed E-state index contributed by atoms with van der Waals surface area (Å²) < 4.78 is 28.9. The van der Waals surface area contributed by atoms with Crippen LogP contribution >= 0.6 is 0 Å². The van der Waals surface area contributed by atoms with E-state index < -0.39 is 5.92 Å². The summed E-state index contributed by atoms with van der Waals surface area (Å²) in [7, 11) is 3.78. The Morgan fingerprint density at radius 3 is 2.94 bits per heavy atom. The number of imidazole rings is 1. The molecule has 2 unspecified atom stereocenters. The van der Waals surface area contributed by atoms with Gasteiger partial charge in [-0.15, -0.1) is 0 Å². The summed E-state index contributed by atoms with van der Waals surface area (Å²) in [5.74, 6) is -1.50. The van der Waals surface area contributed by atoms with Crippen molar-refractivity contribution in [2.45, 2.75) is 44.1 Å². The van der Waals surface area contributed by atoms with Crippen molar-refractivity contribution in [2.75, 3.05) is 7.05 Å². The van der Waals surface area contributed by atoms with E-state index in [-0.39, 0.29) is 24.8 Å². The van der Waals surface area contributed by atoms with Gasteiger partial charge >= 0.3 is 0 Å². The molecule has 2 atom stereocenters. The molecule has 1 aromatic rings. The normalized spacial score (nSPS) is 25.0. The molecule has 1 aliphatic carbocycles. The van der Waals surface area contributed by atoms with Gasteiger partial charge in [-0.05, 0) is 25.8 Å². The van der Waals surface area contributed by atoms with Crippen molar-refractivity contribution in [2.24, 2.45) is 13.0 Å². The first-order valence-corrected chi connectivity index (χ1v) is 6.53. The third-order valence-corrected chi connectivity index (χ3v) is 3.94. The molecule has 0 bridgehead atoms. The van der Waals surface area contributed by atoms with Crippen molar-refractivity contribution in [3.63, 3.8) is 0 Å². The van der Waals surface area contributed by atoms with E-state index in [0.29, 0.717) is 12.8 Å². The van der Waals surface area contributed by atoms with E-state index in [4.69, 9.17) is 0 Å². The molecule has 18 heavy (non-hydrogen) atoms. The van der Waals surface area contributed by atoms with Crippen molar-refractivity contribution in [3.05, 3.63) is 18.2 Å². The SMILES string of the molecule is CNC(Cc1nccn1C)C1CCCC(F)(F)C1. The van der Waals surface area contributed by atoms with Crippen molar-refractivity contribution in [1.29, 1.82) is 0 Å². The predicted octanol–water partition coefficient (Wildman–Crippen LogP) is 2.38. The van der Waals surface area contributed by atoms with Crippen LogP contribution in [0.4, 0.5) is 8.78 Å². The highest BCUT2D eigenvalue weighted by molar-refractivity contribution is 4.97. The molecule has 3 nitrogen and oxygen atoms in total. The van der Waals surface area contributed by atoms with Crippen LogP contribution in [0.2, 0.25) is 0 Å². The highest BCUT2D eigenvalue weighted by Gasteiger charge is 2.39. The molecule has 1 aliphatic rings. The maximum atomic E-state index is 13.5. The Balaban J connectivity index is 2.02. The van der Waals surface area contributed by atoms with Gasteiger partial charge in [0.25, 0.3) is 0 Å². The van der Waals surface area contributed by atoms with E-state index in [0.717, 1.165) is 12.2 Å². The van der Waals surface area contributed by atoms with Crippen LogP contribution in [0.1, 0.15) is 31.5 Å². The lowest BCUT2D eigenvalue weighted by molar-refractivity contribution is -0.0578. The first kappa shape index (κ1) is 13.5. The Morgan fingerprint density at radius 2 is 2.39 bits per heavy atom. The van der Waals surface area contributed by atoms with Crippen molar-refractivity contribution < 1.29 is 8.78 Å². The average molecular weight is 257 g/mol. The largest absolute Gasteiger partial charge is 0.338 e. The molecular weight excluding hydrogens is 236 g/mol. The number of aromatic nitrogens is 2. The number of rotatable bonds is 4.